The number of H-pyrrole nitrogens is 1. The molecule has 2 aromatic heterocycles. The van der Waals surface area contributed by atoms with E-state index in [1.54, 1.807) is 6.20 Å². The lowest BCUT2D eigenvalue weighted by Crippen LogP contribution is -2.34. The van der Waals surface area contributed by atoms with E-state index in [1.165, 1.54) is 0 Å². The van der Waals surface area contributed by atoms with Gasteiger partial charge in [0.05, 0.1) is 35.0 Å². The van der Waals surface area contributed by atoms with Crippen molar-refractivity contribution in [1.29, 1.82) is 0 Å². The Hall–Kier alpha value is -3.69. The largest absolute Gasteiger partial charge is 0.456 e. The second-order valence-electron chi connectivity index (χ2n) is 9.29. The number of rotatable bonds is 5. The van der Waals surface area contributed by atoms with Crippen LogP contribution in [0.4, 0.5) is 0 Å². The maximum absolute atomic E-state index is 9.95. The van der Waals surface area contributed by atoms with Gasteiger partial charge in [-0.1, -0.05) is 48.0 Å². The summed E-state index contributed by atoms with van der Waals surface area (Å²) < 4.78 is 19.1. The van der Waals surface area contributed by atoms with Crippen LogP contribution in [0.5, 0.6) is 6.01 Å². The zero-order valence-corrected chi connectivity index (χ0v) is 20.4. The third-order valence-corrected chi connectivity index (χ3v) is 7.27. The molecule has 0 spiro atoms. The highest BCUT2D eigenvalue weighted by Gasteiger charge is 2.48. The molecule has 0 bridgehead atoms. The molecule has 0 aliphatic carbocycles. The van der Waals surface area contributed by atoms with Gasteiger partial charge < -0.3 is 24.3 Å². The Kier molecular flexibility index (Phi) is 5.48. The number of hydrogen-bond donors (Lipinski definition) is 2. The van der Waals surface area contributed by atoms with Gasteiger partial charge in [0.1, 0.15) is 18.3 Å². The molecule has 4 atom stereocenters. The molecule has 0 amide bonds. The second kappa shape index (κ2) is 9.00. The summed E-state index contributed by atoms with van der Waals surface area (Å²) in [5, 5.41) is 14.8. The molecule has 0 unspecified atom stereocenters. The molecule has 37 heavy (non-hydrogen) atoms. The molecule has 0 radical (unpaired) electrons. The van der Waals surface area contributed by atoms with Gasteiger partial charge in [-0.05, 0) is 47.0 Å². The molecule has 186 valence electrons. The van der Waals surface area contributed by atoms with E-state index in [2.05, 4.69) is 63.6 Å². The maximum Gasteiger partial charge on any atom is 0.295 e. The summed E-state index contributed by atoms with van der Waals surface area (Å²) in [6.07, 6.45) is 2.08. The smallest absolute Gasteiger partial charge is 0.295 e. The molecule has 3 aromatic carbocycles. The summed E-state index contributed by atoms with van der Waals surface area (Å²) in [7, 11) is 0. The van der Waals surface area contributed by atoms with Gasteiger partial charge in [0.2, 0.25) is 0 Å². The number of halogens is 1. The Balaban J connectivity index is 1.11. The Morgan fingerprint density at radius 1 is 0.946 bits per heavy atom. The summed E-state index contributed by atoms with van der Waals surface area (Å²) in [5.41, 5.74) is 6.65. The number of fused-ring (bicyclic) bond motifs is 2. The molecule has 2 aliphatic heterocycles. The van der Waals surface area contributed by atoms with Crippen LogP contribution in [0.25, 0.3) is 39.0 Å². The van der Waals surface area contributed by atoms with Crippen LogP contribution in [0.3, 0.4) is 0 Å². The molecule has 4 heterocycles. The Bertz CT molecular complexity index is 1550. The minimum atomic E-state index is -0.622. The normalized spacial score (nSPS) is 23.0. The van der Waals surface area contributed by atoms with E-state index in [4.69, 9.17) is 25.8 Å². The van der Waals surface area contributed by atoms with Gasteiger partial charge in [0, 0.05) is 18.0 Å². The molecule has 2 fully saturated rings. The first-order chi connectivity index (χ1) is 18.1. The Labute approximate surface area is 217 Å². The highest BCUT2D eigenvalue weighted by Crippen LogP contribution is 2.35. The van der Waals surface area contributed by atoms with Crippen molar-refractivity contribution in [2.45, 2.75) is 24.4 Å². The van der Waals surface area contributed by atoms with Gasteiger partial charge in [-0.25, -0.2) is 4.68 Å². The molecule has 8 nitrogen and oxygen atoms in total. The first-order valence-corrected chi connectivity index (χ1v) is 12.5. The summed E-state index contributed by atoms with van der Waals surface area (Å²) in [5.74, 6) is 0. The van der Waals surface area contributed by atoms with Crippen molar-refractivity contribution >= 4 is 22.6 Å². The molecular formula is C28H23ClN4O4. The van der Waals surface area contributed by atoms with E-state index in [0.29, 0.717) is 17.6 Å². The minimum Gasteiger partial charge on any atom is -0.456 e. The summed E-state index contributed by atoms with van der Waals surface area (Å²) in [6.45, 7) is 0.595. The zero-order chi connectivity index (χ0) is 24.9. The topological polar surface area (TPSA) is 94.4 Å². The van der Waals surface area contributed by atoms with Crippen LogP contribution >= 0.6 is 11.6 Å². The number of aliphatic hydroxyl groups is 1. The monoisotopic (exact) mass is 514 g/mol. The molecule has 5 aromatic rings. The lowest BCUT2D eigenvalue weighted by atomic mass is 10.00. The third-order valence-electron chi connectivity index (χ3n) is 6.96. The maximum atomic E-state index is 9.95. The predicted molar refractivity (Wildman–Crippen MR) is 139 cm³/mol. The van der Waals surface area contributed by atoms with Crippen molar-refractivity contribution in [2.75, 3.05) is 13.2 Å². The van der Waals surface area contributed by atoms with Crippen LogP contribution < -0.4 is 4.74 Å². The van der Waals surface area contributed by atoms with E-state index in [0.717, 1.165) is 39.0 Å². The van der Waals surface area contributed by atoms with Crippen molar-refractivity contribution in [3.8, 4) is 34.0 Å². The van der Waals surface area contributed by atoms with Gasteiger partial charge in [-0.3, -0.25) is 0 Å². The second-order valence-corrected chi connectivity index (χ2v) is 9.69. The fourth-order valence-electron chi connectivity index (χ4n) is 5.04. The third kappa shape index (κ3) is 4.08. The molecule has 2 aliphatic rings. The van der Waals surface area contributed by atoms with Crippen molar-refractivity contribution in [3.63, 3.8) is 0 Å². The van der Waals surface area contributed by atoms with Crippen LogP contribution in [-0.2, 0) is 9.47 Å². The quantitative estimate of drug-likeness (QED) is 0.355. The van der Waals surface area contributed by atoms with Gasteiger partial charge in [-0.2, -0.15) is 10.1 Å². The van der Waals surface area contributed by atoms with E-state index >= 15 is 0 Å². The van der Waals surface area contributed by atoms with E-state index in [-0.39, 0.29) is 24.9 Å². The lowest BCUT2D eigenvalue weighted by molar-refractivity contribution is 0.00706. The SMILES string of the molecule is O[C@@H]1CO[C@H]2[C@@H]1OC[C@H]2Oc1nc2cc(-c3ccc(-c4ccc(-n5cccn5)cc4)cc3)c(Cl)cc2[nH]1. The average molecular weight is 515 g/mol. The van der Waals surface area contributed by atoms with Crippen molar-refractivity contribution in [1.82, 2.24) is 19.7 Å². The number of ether oxygens (including phenoxy) is 3. The fourth-order valence-corrected chi connectivity index (χ4v) is 5.32. The van der Waals surface area contributed by atoms with Crippen molar-refractivity contribution < 1.29 is 19.3 Å². The van der Waals surface area contributed by atoms with Crippen LogP contribution in [0.1, 0.15) is 0 Å². The standard InChI is InChI=1S/C28H23ClN4O4/c29-21-13-23-22(31-28(32-23)37-25-15-36-26-24(34)14-35-27(25)26)12-20(21)18-4-2-16(3-5-18)17-6-8-19(9-7-17)33-11-1-10-30-33/h1-13,24-27,34H,14-15H2,(H,31,32)/t24-,25-,26-,27-/m1/s1. The molecule has 2 saturated heterocycles. The number of imidazole rings is 1. The average Bonchev–Trinajstić information content (AvgIpc) is 3.71. The first kappa shape index (κ1) is 22.5. The summed E-state index contributed by atoms with van der Waals surface area (Å²) in [4.78, 5) is 7.79. The molecule has 7 rings (SSSR count). The van der Waals surface area contributed by atoms with E-state index in [9.17, 15) is 5.11 Å². The number of aromatic amines is 1. The van der Waals surface area contributed by atoms with Crippen LogP contribution in [0.2, 0.25) is 5.02 Å². The lowest BCUT2D eigenvalue weighted by Gasteiger charge is -2.15. The van der Waals surface area contributed by atoms with Gasteiger partial charge in [-0.15, -0.1) is 0 Å². The summed E-state index contributed by atoms with van der Waals surface area (Å²) >= 11 is 6.66. The highest BCUT2D eigenvalue weighted by atomic mass is 35.5. The fraction of sp³-hybridized carbons (Fsp3) is 0.214. The summed E-state index contributed by atoms with van der Waals surface area (Å²) in [6, 6.07) is 22.7. The Morgan fingerprint density at radius 3 is 2.43 bits per heavy atom. The number of hydrogen-bond acceptors (Lipinski definition) is 6. The van der Waals surface area contributed by atoms with Crippen LogP contribution in [0, 0.1) is 0 Å². The van der Waals surface area contributed by atoms with Crippen molar-refractivity contribution in [2.24, 2.45) is 0 Å². The van der Waals surface area contributed by atoms with Crippen LogP contribution in [0.15, 0.2) is 79.1 Å². The van der Waals surface area contributed by atoms with E-state index < -0.39 is 6.10 Å². The molecular weight excluding hydrogens is 492 g/mol. The van der Waals surface area contributed by atoms with E-state index in [1.807, 2.05) is 29.1 Å². The molecule has 9 heteroatoms. The number of benzene rings is 3. The number of aromatic nitrogens is 4. The first-order valence-electron chi connectivity index (χ1n) is 12.1. The minimum absolute atomic E-state index is 0.254. The highest BCUT2D eigenvalue weighted by molar-refractivity contribution is 6.34. The predicted octanol–water partition coefficient (Wildman–Crippen LogP) is 4.64. The van der Waals surface area contributed by atoms with Gasteiger partial charge in [0.25, 0.3) is 6.01 Å². The number of aliphatic hydroxyl groups excluding tert-OH is 1. The Morgan fingerprint density at radius 2 is 1.68 bits per heavy atom. The number of nitrogens with one attached hydrogen (secondary N) is 1. The van der Waals surface area contributed by atoms with Crippen molar-refractivity contribution in [3.05, 3.63) is 84.1 Å². The van der Waals surface area contributed by atoms with Crippen LogP contribution in [-0.4, -0.2) is 62.5 Å². The van der Waals surface area contributed by atoms with Gasteiger partial charge in [0.15, 0.2) is 6.10 Å². The zero-order valence-electron chi connectivity index (χ0n) is 19.6. The number of nitrogens with zero attached hydrogens (tertiary/aromatic N) is 3. The molecule has 0 saturated carbocycles. The molecule has 2 N–H and O–H groups in total. The van der Waals surface area contributed by atoms with Gasteiger partial charge >= 0.3 is 0 Å².